The van der Waals surface area contributed by atoms with Crippen LogP contribution in [0.4, 0.5) is 5.82 Å². The molecule has 0 amide bonds. The van der Waals surface area contributed by atoms with Gasteiger partial charge in [0.15, 0.2) is 0 Å². The van der Waals surface area contributed by atoms with Crippen molar-refractivity contribution < 1.29 is 0 Å². The summed E-state index contributed by atoms with van der Waals surface area (Å²) in [7, 11) is 0. The van der Waals surface area contributed by atoms with Crippen molar-refractivity contribution in [1.29, 1.82) is 0 Å². The van der Waals surface area contributed by atoms with Crippen LogP contribution in [0.1, 0.15) is 30.4 Å². The Morgan fingerprint density at radius 2 is 2.18 bits per heavy atom. The Balaban J connectivity index is 2.11. The molecule has 2 heteroatoms. The third-order valence-corrected chi connectivity index (χ3v) is 3.66. The molecule has 1 aromatic heterocycles. The summed E-state index contributed by atoms with van der Waals surface area (Å²) in [6, 6.07) is 2.02. The van der Waals surface area contributed by atoms with Gasteiger partial charge in [-0.25, -0.2) is 4.98 Å². The lowest BCUT2D eigenvalue weighted by atomic mass is 9.92. The largest absolute Gasteiger partial charge is 0.384 e. The van der Waals surface area contributed by atoms with Crippen molar-refractivity contribution in [3.63, 3.8) is 0 Å². The van der Waals surface area contributed by atoms with E-state index in [0.29, 0.717) is 17.7 Å². The molecular weight excluding hydrogens is 208 g/mol. The molecule has 0 aliphatic heterocycles. The first-order valence-electron chi connectivity index (χ1n) is 6.05. The molecule has 2 aliphatic rings. The highest BCUT2D eigenvalue weighted by Gasteiger charge is 2.35. The smallest absolute Gasteiger partial charge is 0.123 e. The quantitative estimate of drug-likeness (QED) is 0.734. The molecule has 17 heavy (non-hydrogen) atoms. The first-order chi connectivity index (χ1) is 8.25. The van der Waals surface area contributed by atoms with Gasteiger partial charge >= 0.3 is 0 Å². The minimum Gasteiger partial charge on any atom is -0.384 e. The van der Waals surface area contributed by atoms with Crippen molar-refractivity contribution >= 4 is 11.9 Å². The van der Waals surface area contributed by atoms with E-state index >= 15 is 0 Å². The summed E-state index contributed by atoms with van der Waals surface area (Å²) >= 11 is 0. The summed E-state index contributed by atoms with van der Waals surface area (Å²) in [5.74, 6) is 1.83. The van der Waals surface area contributed by atoms with E-state index in [1.807, 2.05) is 12.3 Å². The molecule has 3 rings (SSSR count). The Kier molecular flexibility index (Phi) is 2.36. The number of allylic oxidation sites excluding steroid dienone is 5. The maximum absolute atomic E-state index is 5.80. The minimum absolute atomic E-state index is 0.526. The van der Waals surface area contributed by atoms with Gasteiger partial charge in [-0.2, -0.15) is 0 Å². The third-order valence-electron chi connectivity index (χ3n) is 3.66. The molecule has 2 atom stereocenters. The van der Waals surface area contributed by atoms with Crippen LogP contribution in [0.25, 0.3) is 6.08 Å². The minimum atomic E-state index is 0.526. The maximum atomic E-state index is 5.80. The number of rotatable bonds is 0. The van der Waals surface area contributed by atoms with Gasteiger partial charge in [0.25, 0.3) is 0 Å². The van der Waals surface area contributed by atoms with E-state index in [1.54, 1.807) is 5.57 Å². The van der Waals surface area contributed by atoms with Gasteiger partial charge in [-0.1, -0.05) is 42.9 Å². The number of hydrogen-bond acceptors (Lipinski definition) is 2. The molecule has 2 aliphatic carbocycles. The molecule has 2 nitrogen and oxygen atoms in total. The molecule has 1 heterocycles. The molecule has 1 saturated carbocycles. The van der Waals surface area contributed by atoms with Crippen molar-refractivity contribution in [3.8, 4) is 0 Å². The van der Waals surface area contributed by atoms with Gasteiger partial charge in [-0.05, 0) is 35.4 Å². The van der Waals surface area contributed by atoms with E-state index in [1.165, 1.54) is 17.5 Å². The molecule has 1 aromatic rings. The predicted molar refractivity (Wildman–Crippen MR) is 71.4 cm³/mol. The normalized spacial score (nSPS) is 25.8. The number of anilines is 1. The second kappa shape index (κ2) is 3.88. The number of nitrogens with two attached hydrogens (primary N) is 1. The summed E-state index contributed by atoms with van der Waals surface area (Å²) in [5.41, 5.74) is 9.85. The highest BCUT2D eigenvalue weighted by molar-refractivity contribution is 5.59. The van der Waals surface area contributed by atoms with Crippen molar-refractivity contribution in [3.05, 3.63) is 53.3 Å². The summed E-state index contributed by atoms with van der Waals surface area (Å²) in [6.45, 7) is 2.28. The number of aromatic nitrogens is 1. The summed E-state index contributed by atoms with van der Waals surface area (Å²) in [5, 5.41) is 0. The first kappa shape index (κ1) is 10.3. The van der Waals surface area contributed by atoms with Gasteiger partial charge in [0.1, 0.15) is 5.82 Å². The topological polar surface area (TPSA) is 38.9 Å². The number of hydrogen-bond donors (Lipinski definition) is 1. The first-order valence-corrected chi connectivity index (χ1v) is 6.05. The number of nitrogen functional groups attached to an aromatic ring is 1. The Morgan fingerprint density at radius 1 is 1.29 bits per heavy atom. The lowest BCUT2D eigenvalue weighted by Crippen LogP contribution is -2.02. The summed E-state index contributed by atoms with van der Waals surface area (Å²) < 4.78 is 0. The van der Waals surface area contributed by atoms with Crippen LogP contribution < -0.4 is 5.73 Å². The van der Waals surface area contributed by atoms with E-state index < -0.39 is 0 Å². The lowest BCUT2D eigenvalue weighted by Gasteiger charge is -2.14. The number of fused-ring (bicyclic) bond motifs is 2. The predicted octanol–water partition coefficient (Wildman–Crippen LogP) is 3.30. The lowest BCUT2D eigenvalue weighted by molar-refractivity contribution is 0.682. The van der Waals surface area contributed by atoms with Gasteiger partial charge in [0.05, 0.1) is 0 Å². The SMILES string of the molecule is CC1c2cc(N)ncc2C=CC=CC=C2CC21. The second-order valence-corrected chi connectivity index (χ2v) is 4.82. The van der Waals surface area contributed by atoms with Crippen LogP contribution in [0.5, 0.6) is 0 Å². The Labute approximate surface area is 102 Å². The molecule has 2 N–H and O–H groups in total. The monoisotopic (exact) mass is 224 g/mol. The average Bonchev–Trinajstić information content (AvgIpc) is 3.08. The van der Waals surface area contributed by atoms with E-state index in [0.717, 1.165) is 0 Å². The fraction of sp³-hybridized carbons (Fsp3) is 0.267. The van der Waals surface area contributed by atoms with Gasteiger partial charge in [0.2, 0.25) is 0 Å². The molecule has 1 fully saturated rings. The van der Waals surface area contributed by atoms with Crippen LogP contribution in [0.15, 0.2) is 42.1 Å². The van der Waals surface area contributed by atoms with Gasteiger partial charge in [-0.15, -0.1) is 0 Å². The van der Waals surface area contributed by atoms with E-state index in [-0.39, 0.29) is 0 Å². The fourth-order valence-electron chi connectivity index (χ4n) is 2.54. The number of pyridine rings is 1. The van der Waals surface area contributed by atoms with Crippen molar-refractivity contribution in [2.75, 3.05) is 5.73 Å². The van der Waals surface area contributed by atoms with Crippen LogP contribution in [0.2, 0.25) is 0 Å². The van der Waals surface area contributed by atoms with E-state index in [9.17, 15) is 0 Å². The Hall–Kier alpha value is -1.83. The summed E-state index contributed by atoms with van der Waals surface area (Å²) in [4.78, 5) is 4.18. The van der Waals surface area contributed by atoms with Crippen LogP contribution in [0.3, 0.4) is 0 Å². The zero-order chi connectivity index (χ0) is 11.8. The molecule has 86 valence electrons. The van der Waals surface area contributed by atoms with Crippen LogP contribution in [-0.4, -0.2) is 4.98 Å². The van der Waals surface area contributed by atoms with Crippen molar-refractivity contribution in [2.45, 2.75) is 19.3 Å². The molecule has 0 saturated heterocycles. The van der Waals surface area contributed by atoms with Gasteiger partial charge in [0, 0.05) is 6.20 Å². The molecule has 0 bridgehead atoms. The molecule has 2 unspecified atom stereocenters. The number of nitrogens with zero attached hydrogens (tertiary/aromatic N) is 1. The van der Waals surface area contributed by atoms with Crippen LogP contribution in [-0.2, 0) is 0 Å². The van der Waals surface area contributed by atoms with E-state index in [4.69, 9.17) is 5.73 Å². The second-order valence-electron chi connectivity index (χ2n) is 4.82. The average molecular weight is 224 g/mol. The van der Waals surface area contributed by atoms with Gasteiger partial charge < -0.3 is 5.73 Å². The van der Waals surface area contributed by atoms with Crippen molar-refractivity contribution in [1.82, 2.24) is 4.98 Å². The highest BCUT2D eigenvalue weighted by atomic mass is 14.8. The standard InChI is InChI=1S/C15H16N2/c1-10-13-7-11(13)5-3-2-4-6-12-9-17-15(16)8-14(10)12/h2-6,8-10,13H,7H2,1H3,(H2,16,17). The molecule has 0 spiro atoms. The Bertz CT molecular complexity index is 538. The zero-order valence-corrected chi connectivity index (χ0v) is 9.93. The molecule has 0 radical (unpaired) electrons. The Morgan fingerprint density at radius 3 is 3.06 bits per heavy atom. The fourth-order valence-corrected chi connectivity index (χ4v) is 2.54. The van der Waals surface area contributed by atoms with Gasteiger partial charge in [-0.3, -0.25) is 0 Å². The highest BCUT2D eigenvalue weighted by Crippen LogP contribution is 2.48. The zero-order valence-electron chi connectivity index (χ0n) is 9.93. The van der Waals surface area contributed by atoms with Crippen LogP contribution in [0, 0.1) is 5.92 Å². The van der Waals surface area contributed by atoms with Crippen LogP contribution >= 0.6 is 0 Å². The molecular formula is C15H16N2. The third kappa shape index (κ3) is 1.91. The van der Waals surface area contributed by atoms with Crippen molar-refractivity contribution in [2.24, 2.45) is 5.92 Å². The van der Waals surface area contributed by atoms with E-state index in [2.05, 4.69) is 42.3 Å². The maximum Gasteiger partial charge on any atom is 0.123 e. The summed E-state index contributed by atoms with van der Waals surface area (Å²) in [6.07, 6.45) is 13.7. The molecule has 0 aromatic carbocycles.